The first-order valence-electron chi connectivity index (χ1n) is 7.05. The van der Waals surface area contributed by atoms with Gasteiger partial charge in [0.05, 0.1) is 18.3 Å². The van der Waals surface area contributed by atoms with Crippen LogP contribution in [-0.4, -0.2) is 25.2 Å². The summed E-state index contributed by atoms with van der Waals surface area (Å²) in [5.41, 5.74) is 0.607. The number of hydrogen-bond donors (Lipinski definition) is 2. The highest BCUT2D eigenvalue weighted by atomic mass is 79.9. The van der Waals surface area contributed by atoms with Gasteiger partial charge in [-0.25, -0.2) is 0 Å². The van der Waals surface area contributed by atoms with Gasteiger partial charge < -0.3 is 10.1 Å². The van der Waals surface area contributed by atoms with Crippen LogP contribution in [0.5, 0.6) is 0 Å². The highest BCUT2D eigenvalue weighted by Crippen LogP contribution is 2.21. The van der Waals surface area contributed by atoms with Crippen molar-refractivity contribution in [2.45, 2.75) is 43.1 Å². The molecule has 0 saturated heterocycles. The summed E-state index contributed by atoms with van der Waals surface area (Å²) < 4.78 is 6.56. The first kappa shape index (κ1) is 15.9. The Labute approximate surface area is 134 Å². The van der Waals surface area contributed by atoms with E-state index in [4.69, 9.17) is 4.74 Å². The second kappa shape index (κ2) is 8.05. The number of rotatable bonds is 5. The maximum atomic E-state index is 12.0. The van der Waals surface area contributed by atoms with Crippen LogP contribution in [0.15, 0.2) is 27.6 Å². The summed E-state index contributed by atoms with van der Waals surface area (Å²) in [7, 11) is 0. The molecule has 0 unspecified atom stereocenters. The first-order valence-corrected chi connectivity index (χ1v) is 8.29. The third-order valence-corrected chi connectivity index (χ3v) is 4.46. The minimum absolute atomic E-state index is 0.0972. The van der Waals surface area contributed by atoms with E-state index in [1.165, 1.54) is 19.3 Å². The average molecular weight is 358 g/mol. The number of amides is 1. The summed E-state index contributed by atoms with van der Waals surface area (Å²) in [4.78, 5) is 12.8. The zero-order valence-electron chi connectivity index (χ0n) is 11.4. The smallest absolute Gasteiger partial charge is 0.252 e. The van der Waals surface area contributed by atoms with Crippen molar-refractivity contribution in [3.05, 3.63) is 28.2 Å². The van der Waals surface area contributed by atoms with E-state index >= 15 is 0 Å². The molecule has 1 saturated carbocycles. The molecule has 1 aliphatic rings. The number of carbonyl (C=O) groups excluding carboxylic acids is 1. The maximum absolute atomic E-state index is 12.0. The van der Waals surface area contributed by atoms with Crippen molar-refractivity contribution >= 4 is 34.5 Å². The third-order valence-electron chi connectivity index (χ3n) is 3.49. The maximum Gasteiger partial charge on any atom is 0.252 e. The molecule has 1 aromatic rings. The van der Waals surface area contributed by atoms with Gasteiger partial charge in [-0.1, -0.05) is 19.3 Å². The molecule has 0 heterocycles. The van der Waals surface area contributed by atoms with E-state index in [0.29, 0.717) is 24.8 Å². The third kappa shape index (κ3) is 4.79. The van der Waals surface area contributed by atoms with Crippen LogP contribution in [0.2, 0.25) is 0 Å². The van der Waals surface area contributed by atoms with Crippen LogP contribution in [0.3, 0.4) is 0 Å². The molecule has 0 spiro atoms. The Morgan fingerprint density at radius 3 is 2.85 bits per heavy atom. The topological polar surface area (TPSA) is 38.3 Å². The summed E-state index contributed by atoms with van der Waals surface area (Å²) in [6.45, 7) is 1.12. The van der Waals surface area contributed by atoms with E-state index in [2.05, 4.69) is 33.9 Å². The van der Waals surface area contributed by atoms with Gasteiger partial charge in [0.15, 0.2) is 0 Å². The van der Waals surface area contributed by atoms with Gasteiger partial charge in [-0.15, -0.1) is 12.6 Å². The number of thiol groups is 1. The van der Waals surface area contributed by atoms with Crippen LogP contribution in [0.1, 0.15) is 42.5 Å². The molecule has 0 radical (unpaired) electrons. The summed E-state index contributed by atoms with van der Waals surface area (Å²) in [5.74, 6) is -0.0972. The SMILES string of the molecule is O=C(NCCOC1CCCCC1)c1cc(S)ccc1Br. The Kier molecular flexibility index (Phi) is 6.39. The minimum atomic E-state index is -0.0972. The molecule has 0 bridgehead atoms. The lowest BCUT2D eigenvalue weighted by atomic mass is 9.98. The standard InChI is InChI=1S/C15H20BrNO2S/c16-14-7-6-12(20)10-13(14)15(18)17-8-9-19-11-4-2-1-3-5-11/h6-7,10-11,20H,1-5,8-9H2,(H,17,18). The van der Waals surface area contributed by atoms with Gasteiger partial charge in [-0.2, -0.15) is 0 Å². The number of benzene rings is 1. The normalized spacial score (nSPS) is 16.1. The van der Waals surface area contributed by atoms with Gasteiger partial charge in [-0.3, -0.25) is 4.79 Å². The quantitative estimate of drug-likeness (QED) is 0.620. The zero-order valence-corrected chi connectivity index (χ0v) is 13.9. The summed E-state index contributed by atoms with van der Waals surface area (Å²) in [5, 5.41) is 2.88. The molecular weight excluding hydrogens is 338 g/mol. The van der Waals surface area contributed by atoms with Crippen molar-refractivity contribution in [1.82, 2.24) is 5.32 Å². The second-order valence-corrected chi connectivity index (χ2v) is 6.42. The van der Waals surface area contributed by atoms with Crippen molar-refractivity contribution < 1.29 is 9.53 Å². The fourth-order valence-corrected chi connectivity index (χ4v) is 3.03. The fraction of sp³-hybridized carbons (Fsp3) is 0.533. The number of ether oxygens (including phenoxy) is 1. The molecule has 3 nitrogen and oxygen atoms in total. The van der Waals surface area contributed by atoms with Crippen LogP contribution >= 0.6 is 28.6 Å². The van der Waals surface area contributed by atoms with Crippen LogP contribution in [0.4, 0.5) is 0 Å². The number of nitrogens with one attached hydrogen (secondary N) is 1. The van der Waals surface area contributed by atoms with Crippen molar-refractivity contribution in [3.63, 3.8) is 0 Å². The zero-order chi connectivity index (χ0) is 14.4. The lowest BCUT2D eigenvalue weighted by Crippen LogP contribution is -2.29. The van der Waals surface area contributed by atoms with Crippen LogP contribution in [0.25, 0.3) is 0 Å². The lowest BCUT2D eigenvalue weighted by molar-refractivity contribution is 0.0299. The molecule has 1 N–H and O–H groups in total. The Bertz CT molecular complexity index is 461. The highest BCUT2D eigenvalue weighted by Gasteiger charge is 2.14. The number of carbonyl (C=O) groups is 1. The van der Waals surface area contributed by atoms with Crippen molar-refractivity contribution in [3.8, 4) is 0 Å². The Morgan fingerprint density at radius 1 is 1.35 bits per heavy atom. The van der Waals surface area contributed by atoms with E-state index in [-0.39, 0.29) is 5.91 Å². The highest BCUT2D eigenvalue weighted by molar-refractivity contribution is 9.10. The predicted octanol–water partition coefficient (Wildman–Crippen LogP) is 3.82. The van der Waals surface area contributed by atoms with Gasteiger partial charge in [0.25, 0.3) is 5.91 Å². The minimum Gasteiger partial charge on any atom is -0.376 e. The van der Waals surface area contributed by atoms with Crippen LogP contribution in [-0.2, 0) is 4.74 Å². The summed E-state index contributed by atoms with van der Waals surface area (Å²) in [6.07, 6.45) is 6.54. The molecular formula is C15H20BrNO2S. The largest absolute Gasteiger partial charge is 0.376 e. The molecule has 0 aromatic heterocycles. The molecule has 0 aliphatic heterocycles. The van der Waals surface area contributed by atoms with Gasteiger partial charge >= 0.3 is 0 Å². The second-order valence-electron chi connectivity index (χ2n) is 5.05. The summed E-state index contributed by atoms with van der Waals surface area (Å²) >= 11 is 7.63. The molecule has 2 rings (SSSR count). The fourth-order valence-electron chi connectivity index (χ4n) is 2.40. The van der Waals surface area contributed by atoms with E-state index < -0.39 is 0 Å². The van der Waals surface area contributed by atoms with E-state index in [1.54, 1.807) is 6.07 Å². The molecule has 5 heteroatoms. The van der Waals surface area contributed by atoms with Crippen molar-refractivity contribution in [2.75, 3.05) is 13.2 Å². The lowest BCUT2D eigenvalue weighted by Gasteiger charge is -2.22. The van der Waals surface area contributed by atoms with Gasteiger partial charge in [-0.05, 0) is 47.0 Å². The Balaban J connectivity index is 1.73. The average Bonchev–Trinajstić information content (AvgIpc) is 2.47. The van der Waals surface area contributed by atoms with Crippen LogP contribution < -0.4 is 5.32 Å². The molecule has 1 fully saturated rings. The molecule has 20 heavy (non-hydrogen) atoms. The van der Waals surface area contributed by atoms with E-state index in [1.807, 2.05) is 12.1 Å². The van der Waals surface area contributed by atoms with Crippen molar-refractivity contribution in [1.29, 1.82) is 0 Å². The number of hydrogen-bond acceptors (Lipinski definition) is 3. The summed E-state index contributed by atoms with van der Waals surface area (Å²) in [6, 6.07) is 5.43. The monoisotopic (exact) mass is 357 g/mol. The molecule has 1 aliphatic carbocycles. The Morgan fingerprint density at radius 2 is 2.10 bits per heavy atom. The van der Waals surface area contributed by atoms with Gasteiger partial charge in [0.1, 0.15) is 0 Å². The molecule has 1 aromatic carbocycles. The van der Waals surface area contributed by atoms with Gasteiger partial charge in [0, 0.05) is 15.9 Å². The molecule has 110 valence electrons. The van der Waals surface area contributed by atoms with Gasteiger partial charge in [0.2, 0.25) is 0 Å². The first-order chi connectivity index (χ1) is 9.66. The Hall–Kier alpha value is -0.520. The van der Waals surface area contributed by atoms with Crippen molar-refractivity contribution in [2.24, 2.45) is 0 Å². The van der Waals surface area contributed by atoms with E-state index in [9.17, 15) is 4.79 Å². The molecule has 1 amide bonds. The van der Waals surface area contributed by atoms with Crippen LogP contribution in [0, 0.1) is 0 Å². The number of halogens is 1. The molecule has 0 atom stereocenters. The van der Waals surface area contributed by atoms with E-state index in [0.717, 1.165) is 22.2 Å². The predicted molar refractivity (Wildman–Crippen MR) is 86.6 cm³/mol.